The minimum atomic E-state index is -3.32. The molecular weight excluding hydrogens is 250 g/mol. The highest BCUT2D eigenvalue weighted by Crippen LogP contribution is 2.27. The highest BCUT2D eigenvalue weighted by Gasteiger charge is 2.20. The second-order valence-corrected chi connectivity index (χ2v) is 6.26. The van der Waals surface area contributed by atoms with E-state index in [1.165, 1.54) is 10.6 Å². The van der Waals surface area contributed by atoms with Gasteiger partial charge in [0.15, 0.2) is 0 Å². The first-order valence-electron chi connectivity index (χ1n) is 6.08. The summed E-state index contributed by atoms with van der Waals surface area (Å²) >= 11 is 0. The summed E-state index contributed by atoms with van der Waals surface area (Å²) in [6.07, 6.45) is 2.42. The van der Waals surface area contributed by atoms with Crippen LogP contribution in [0.5, 0.6) is 0 Å². The molecule has 0 radical (unpaired) electrons. The number of rotatable bonds is 6. The van der Waals surface area contributed by atoms with Gasteiger partial charge in [0, 0.05) is 13.2 Å². The van der Waals surface area contributed by atoms with E-state index in [0.29, 0.717) is 13.0 Å². The Bertz CT molecular complexity index is 497. The normalized spacial score (nSPS) is 11.6. The molecule has 1 aromatic carbocycles. The third kappa shape index (κ3) is 3.46. The Labute approximate surface area is 109 Å². The van der Waals surface area contributed by atoms with E-state index in [0.717, 1.165) is 23.2 Å². The minimum Gasteiger partial charge on any atom is -0.396 e. The quantitative estimate of drug-likeness (QED) is 0.857. The first-order valence-corrected chi connectivity index (χ1v) is 7.93. The van der Waals surface area contributed by atoms with Gasteiger partial charge in [0.1, 0.15) is 0 Å². The average molecular weight is 271 g/mol. The molecule has 0 spiro atoms. The summed E-state index contributed by atoms with van der Waals surface area (Å²) in [5.41, 5.74) is 2.71. The van der Waals surface area contributed by atoms with Crippen LogP contribution in [0, 0.1) is 6.92 Å². The second-order valence-electron chi connectivity index (χ2n) is 4.35. The molecule has 0 saturated heterocycles. The largest absolute Gasteiger partial charge is 0.396 e. The predicted octanol–water partition coefficient (Wildman–Crippen LogP) is 1.71. The molecule has 102 valence electrons. The van der Waals surface area contributed by atoms with Gasteiger partial charge in [-0.2, -0.15) is 0 Å². The van der Waals surface area contributed by atoms with Crippen LogP contribution < -0.4 is 4.31 Å². The summed E-state index contributed by atoms with van der Waals surface area (Å²) in [6, 6.07) is 5.79. The lowest BCUT2D eigenvalue weighted by atomic mass is 10.1. The van der Waals surface area contributed by atoms with Crippen molar-refractivity contribution in [2.24, 2.45) is 0 Å². The molecule has 4 nitrogen and oxygen atoms in total. The van der Waals surface area contributed by atoms with Crippen molar-refractivity contribution in [2.75, 3.05) is 23.7 Å². The molecule has 0 unspecified atom stereocenters. The zero-order valence-electron chi connectivity index (χ0n) is 11.2. The van der Waals surface area contributed by atoms with E-state index in [-0.39, 0.29) is 6.61 Å². The van der Waals surface area contributed by atoms with Gasteiger partial charge in [-0.15, -0.1) is 0 Å². The van der Waals surface area contributed by atoms with Crippen LogP contribution >= 0.6 is 0 Å². The van der Waals surface area contributed by atoms with Crippen LogP contribution in [0.3, 0.4) is 0 Å². The first kappa shape index (κ1) is 15.0. The average Bonchev–Trinajstić information content (AvgIpc) is 2.29. The zero-order valence-corrected chi connectivity index (χ0v) is 12.0. The number of benzene rings is 1. The number of hydrogen-bond acceptors (Lipinski definition) is 3. The number of hydrogen-bond donors (Lipinski definition) is 1. The number of para-hydroxylation sites is 1. The van der Waals surface area contributed by atoms with Gasteiger partial charge in [-0.3, -0.25) is 4.31 Å². The molecule has 0 atom stereocenters. The van der Waals surface area contributed by atoms with Gasteiger partial charge in [-0.25, -0.2) is 8.42 Å². The van der Waals surface area contributed by atoms with Crippen molar-refractivity contribution in [3.63, 3.8) is 0 Å². The molecule has 1 rings (SSSR count). The van der Waals surface area contributed by atoms with Crippen molar-refractivity contribution in [3.8, 4) is 0 Å². The fraction of sp³-hybridized carbons (Fsp3) is 0.538. The molecular formula is C13H21NO3S. The van der Waals surface area contributed by atoms with Crippen LogP contribution in [0.1, 0.15) is 24.5 Å². The van der Waals surface area contributed by atoms with Crippen LogP contribution in [0.2, 0.25) is 0 Å². The van der Waals surface area contributed by atoms with Crippen LogP contribution in [-0.4, -0.2) is 32.9 Å². The van der Waals surface area contributed by atoms with Crippen LogP contribution in [0.25, 0.3) is 0 Å². The Morgan fingerprint density at radius 2 is 2.00 bits per heavy atom. The molecule has 0 aliphatic heterocycles. The fourth-order valence-corrected chi connectivity index (χ4v) is 3.07. The van der Waals surface area contributed by atoms with Gasteiger partial charge in [-0.05, 0) is 30.9 Å². The Morgan fingerprint density at radius 3 is 2.50 bits per heavy atom. The minimum absolute atomic E-state index is 0.0145. The maximum Gasteiger partial charge on any atom is 0.232 e. The van der Waals surface area contributed by atoms with E-state index >= 15 is 0 Å². The van der Waals surface area contributed by atoms with Crippen molar-refractivity contribution in [1.82, 2.24) is 0 Å². The number of nitrogens with zero attached hydrogens (tertiary/aromatic N) is 1. The Balaban J connectivity index is 3.29. The number of sulfonamides is 1. The SMILES string of the molecule is CCc1cccc(C)c1N(CCCO)S(C)(=O)=O. The maximum absolute atomic E-state index is 11.9. The van der Waals surface area contributed by atoms with Gasteiger partial charge >= 0.3 is 0 Å². The number of anilines is 1. The maximum atomic E-state index is 11.9. The molecule has 0 saturated carbocycles. The third-order valence-corrected chi connectivity index (χ3v) is 4.04. The van der Waals surface area contributed by atoms with E-state index in [4.69, 9.17) is 5.11 Å². The number of aryl methyl sites for hydroxylation is 2. The van der Waals surface area contributed by atoms with E-state index in [1.54, 1.807) is 0 Å². The summed E-state index contributed by atoms with van der Waals surface area (Å²) in [4.78, 5) is 0. The second kappa shape index (κ2) is 6.20. The van der Waals surface area contributed by atoms with Gasteiger partial charge in [0.05, 0.1) is 11.9 Å². The topological polar surface area (TPSA) is 57.6 Å². The molecule has 0 aliphatic rings. The van der Waals surface area contributed by atoms with Crippen molar-refractivity contribution >= 4 is 15.7 Å². The van der Waals surface area contributed by atoms with Crippen LogP contribution in [0.4, 0.5) is 5.69 Å². The molecule has 0 bridgehead atoms. The van der Waals surface area contributed by atoms with E-state index in [9.17, 15) is 8.42 Å². The lowest BCUT2D eigenvalue weighted by molar-refractivity contribution is 0.291. The summed E-state index contributed by atoms with van der Waals surface area (Å²) in [6.45, 7) is 4.21. The molecule has 0 aromatic heterocycles. The monoisotopic (exact) mass is 271 g/mol. The molecule has 1 N–H and O–H groups in total. The molecule has 1 aromatic rings. The molecule has 0 heterocycles. The Morgan fingerprint density at radius 1 is 1.33 bits per heavy atom. The van der Waals surface area contributed by atoms with Gasteiger partial charge in [0.2, 0.25) is 10.0 Å². The molecule has 0 aliphatic carbocycles. The van der Waals surface area contributed by atoms with Crippen molar-refractivity contribution in [1.29, 1.82) is 0 Å². The number of aliphatic hydroxyl groups excluding tert-OH is 1. The molecule has 18 heavy (non-hydrogen) atoms. The summed E-state index contributed by atoms with van der Waals surface area (Å²) in [7, 11) is -3.32. The third-order valence-electron chi connectivity index (χ3n) is 2.87. The molecule has 0 fully saturated rings. The van der Waals surface area contributed by atoms with E-state index < -0.39 is 10.0 Å². The Hall–Kier alpha value is -1.07. The van der Waals surface area contributed by atoms with Gasteiger partial charge in [-0.1, -0.05) is 25.1 Å². The summed E-state index contributed by atoms with van der Waals surface area (Å²) in [5, 5.41) is 8.90. The first-order chi connectivity index (χ1) is 8.41. The van der Waals surface area contributed by atoms with Crippen molar-refractivity contribution < 1.29 is 13.5 Å². The van der Waals surface area contributed by atoms with Crippen molar-refractivity contribution in [3.05, 3.63) is 29.3 Å². The highest BCUT2D eigenvalue weighted by atomic mass is 32.2. The fourth-order valence-electron chi connectivity index (χ4n) is 2.02. The van der Waals surface area contributed by atoms with Gasteiger partial charge < -0.3 is 5.11 Å². The molecule has 5 heteroatoms. The number of aliphatic hydroxyl groups is 1. The van der Waals surface area contributed by atoms with Crippen LogP contribution in [-0.2, 0) is 16.4 Å². The van der Waals surface area contributed by atoms with Crippen molar-refractivity contribution in [2.45, 2.75) is 26.7 Å². The lowest BCUT2D eigenvalue weighted by Crippen LogP contribution is -2.32. The van der Waals surface area contributed by atoms with E-state index in [2.05, 4.69) is 0 Å². The molecule has 0 amide bonds. The Kier molecular flexibility index (Phi) is 5.16. The lowest BCUT2D eigenvalue weighted by Gasteiger charge is -2.26. The van der Waals surface area contributed by atoms with E-state index in [1.807, 2.05) is 32.0 Å². The summed E-state index contributed by atoms with van der Waals surface area (Å²) in [5.74, 6) is 0. The predicted molar refractivity (Wildman–Crippen MR) is 74.4 cm³/mol. The smallest absolute Gasteiger partial charge is 0.232 e. The summed E-state index contributed by atoms with van der Waals surface area (Å²) < 4.78 is 25.2. The van der Waals surface area contributed by atoms with Gasteiger partial charge in [0.25, 0.3) is 0 Å². The van der Waals surface area contributed by atoms with Crippen LogP contribution in [0.15, 0.2) is 18.2 Å². The zero-order chi connectivity index (χ0) is 13.8. The highest BCUT2D eigenvalue weighted by molar-refractivity contribution is 7.92. The standard InChI is InChI=1S/C13H21NO3S/c1-4-12-8-5-7-11(2)13(12)14(9-6-10-15)18(3,16)17/h5,7-8,15H,4,6,9-10H2,1-3H3.